The van der Waals surface area contributed by atoms with E-state index in [9.17, 15) is 22.0 Å². The zero-order valence-electron chi connectivity index (χ0n) is 16.4. The number of halogens is 6. The van der Waals surface area contributed by atoms with Crippen LogP contribution in [-0.4, -0.2) is 28.4 Å². The van der Waals surface area contributed by atoms with Gasteiger partial charge in [-0.05, 0) is 49.2 Å². The van der Waals surface area contributed by atoms with Gasteiger partial charge in [0.15, 0.2) is 0 Å². The summed E-state index contributed by atoms with van der Waals surface area (Å²) in [6.45, 7) is 2.48. The lowest BCUT2D eigenvalue weighted by atomic mass is 9.87. The Bertz CT molecular complexity index is 1090. The molecule has 1 aromatic heterocycles. The fourth-order valence-electron chi connectivity index (χ4n) is 4.28. The number of nitrogens with zero attached hydrogens (tertiary/aromatic N) is 1. The lowest BCUT2D eigenvalue weighted by Crippen LogP contribution is -2.48. The van der Waals surface area contributed by atoms with Gasteiger partial charge >= 0.3 is 0 Å². The van der Waals surface area contributed by atoms with Crippen molar-refractivity contribution >= 4 is 26.8 Å². The van der Waals surface area contributed by atoms with Crippen LogP contribution in [0.2, 0.25) is 0 Å². The summed E-state index contributed by atoms with van der Waals surface area (Å²) in [5.74, 6) is -5.12. The van der Waals surface area contributed by atoms with Crippen molar-refractivity contribution in [1.29, 1.82) is 0 Å². The number of aromatic amines is 1. The van der Waals surface area contributed by atoms with Crippen molar-refractivity contribution < 1.29 is 22.0 Å². The number of nitrogens with one attached hydrogen (secondary N) is 1. The molecule has 0 bridgehead atoms. The molecule has 2 aromatic carbocycles. The van der Waals surface area contributed by atoms with Crippen LogP contribution in [0.25, 0.3) is 10.9 Å². The highest BCUT2D eigenvalue weighted by atomic mass is 79.9. The Kier molecular flexibility index (Phi) is 5.43. The Labute approximate surface area is 179 Å². The third-order valence-corrected chi connectivity index (χ3v) is 6.28. The molecule has 1 aliphatic heterocycles. The summed E-state index contributed by atoms with van der Waals surface area (Å²) < 4.78 is 72.8. The second-order valence-corrected chi connectivity index (χ2v) is 8.74. The Morgan fingerprint density at radius 1 is 1.13 bits per heavy atom. The van der Waals surface area contributed by atoms with Gasteiger partial charge in [0.05, 0.1) is 12.6 Å². The van der Waals surface area contributed by atoms with E-state index in [1.807, 2.05) is 0 Å². The molecule has 3 aromatic rings. The maximum atomic E-state index is 15.0. The van der Waals surface area contributed by atoms with Crippen molar-refractivity contribution in [1.82, 2.24) is 9.88 Å². The van der Waals surface area contributed by atoms with Crippen molar-refractivity contribution in [3.05, 3.63) is 69.1 Å². The second kappa shape index (κ2) is 7.64. The van der Waals surface area contributed by atoms with Crippen molar-refractivity contribution in [3.63, 3.8) is 0 Å². The Morgan fingerprint density at radius 2 is 1.80 bits per heavy atom. The summed E-state index contributed by atoms with van der Waals surface area (Å²) in [7, 11) is 0. The predicted octanol–water partition coefficient (Wildman–Crippen LogP) is 6.73. The summed E-state index contributed by atoms with van der Waals surface area (Å²) in [4.78, 5) is 4.55. The van der Waals surface area contributed by atoms with Crippen molar-refractivity contribution in [2.24, 2.45) is 0 Å². The molecule has 0 saturated heterocycles. The molecule has 0 saturated carbocycles. The van der Waals surface area contributed by atoms with E-state index in [2.05, 4.69) is 20.9 Å². The van der Waals surface area contributed by atoms with Crippen LogP contribution in [0.4, 0.5) is 22.0 Å². The van der Waals surface area contributed by atoms with Gasteiger partial charge in [0.25, 0.3) is 5.92 Å². The molecule has 0 aliphatic carbocycles. The Morgan fingerprint density at radius 3 is 2.43 bits per heavy atom. The van der Waals surface area contributed by atoms with Crippen LogP contribution in [0.15, 0.2) is 34.8 Å². The fourth-order valence-corrected chi connectivity index (χ4v) is 4.68. The molecule has 0 fully saturated rings. The molecule has 8 heteroatoms. The standard InChI is InChI=1S/C22H20BrF5N2/c1-3-22(27,28)10-30-11(2)6-15-14-9-13(24)4-5-18(14)29-20(15)21(30)19-16(25)7-12(23)8-17(19)26/h4-5,7-9,11,21,29H,3,6,10H2,1-2H3. The number of H-pyrrole nitrogens is 1. The molecule has 0 amide bonds. The predicted molar refractivity (Wildman–Crippen MR) is 109 cm³/mol. The van der Waals surface area contributed by atoms with E-state index >= 15 is 0 Å². The molecule has 2 nitrogen and oxygen atoms in total. The molecule has 2 unspecified atom stereocenters. The minimum Gasteiger partial charge on any atom is -0.357 e. The number of fused-ring (bicyclic) bond motifs is 3. The average molecular weight is 487 g/mol. The number of alkyl halides is 2. The normalized spacial score (nSPS) is 20.0. The van der Waals surface area contributed by atoms with Gasteiger partial charge in [-0.2, -0.15) is 0 Å². The topological polar surface area (TPSA) is 19.0 Å². The van der Waals surface area contributed by atoms with Gasteiger partial charge in [-0.3, -0.25) is 4.90 Å². The molecule has 2 atom stereocenters. The lowest BCUT2D eigenvalue weighted by Gasteiger charge is -2.42. The van der Waals surface area contributed by atoms with Gasteiger partial charge in [0, 0.05) is 39.1 Å². The number of aromatic nitrogens is 1. The van der Waals surface area contributed by atoms with E-state index in [0.717, 1.165) is 12.1 Å². The van der Waals surface area contributed by atoms with E-state index in [4.69, 9.17) is 0 Å². The van der Waals surface area contributed by atoms with Crippen LogP contribution in [-0.2, 0) is 6.42 Å². The Hall–Kier alpha value is -1.93. The molecular weight excluding hydrogens is 467 g/mol. The second-order valence-electron chi connectivity index (χ2n) is 7.83. The van der Waals surface area contributed by atoms with Crippen molar-refractivity contribution in [3.8, 4) is 0 Å². The number of benzene rings is 2. The highest BCUT2D eigenvalue weighted by Gasteiger charge is 2.43. The third kappa shape index (κ3) is 3.64. The maximum absolute atomic E-state index is 15.0. The first-order valence-corrected chi connectivity index (χ1v) is 10.5. The summed E-state index contributed by atoms with van der Waals surface area (Å²) in [6.07, 6.45) is -0.0339. The van der Waals surface area contributed by atoms with Crippen LogP contribution in [0, 0.1) is 17.5 Å². The SMILES string of the molecule is CCC(F)(F)CN1C(C)Cc2c([nH]c3ccc(F)cc23)C1c1c(F)cc(Br)cc1F. The zero-order chi connectivity index (χ0) is 21.8. The highest BCUT2D eigenvalue weighted by Crippen LogP contribution is 2.44. The maximum Gasteiger partial charge on any atom is 0.260 e. The van der Waals surface area contributed by atoms with Crippen LogP contribution in [0.5, 0.6) is 0 Å². The van der Waals surface area contributed by atoms with Gasteiger partial charge in [-0.25, -0.2) is 22.0 Å². The third-order valence-electron chi connectivity index (χ3n) is 5.82. The van der Waals surface area contributed by atoms with E-state index < -0.39 is 42.0 Å². The Balaban J connectivity index is 1.97. The average Bonchev–Trinajstić information content (AvgIpc) is 3.00. The minimum atomic E-state index is -3.02. The lowest BCUT2D eigenvalue weighted by molar-refractivity contribution is -0.0551. The van der Waals surface area contributed by atoms with Crippen molar-refractivity contribution in [2.75, 3.05) is 6.54 Å². The number of hydrogen-bond donors (Lipinski definition) is 1. The monoisotopic (exact) mass is 486 g/mol. The van der Waals surface area contributed by atoms with Crippen molar-refractivity contribution in [2.45, 2.75) is 44.7 Å². The van der Waals surface area contributed by atoms with E-state index in [1.54, 1.807) is 13.0 Å². The van der Waals surface area contributed by atoms with E-state index in [-0.39, 0.29) is 16.5 Å². The van der Waals surface area contributed by atoms with E-state index in [0.29, 0.717) is 28.6 Å². The summed E-state index contributed by atoms with van der Waals surface area (Å²) in [5, 5.41) is 0.599. The van der Waals surface area contributed by atoms with Crippen LogP contribution in [0.1, 0.15) is 43.1 Å². The molecule has 160 valence electrons. The molecule has 1 aliphatic rings. The first-order valence-electron chi connectivity index (χ1n) is 9.69. The summed E-state index contributed by atoms with van der Waals surface area (Å²) >= 11 is 3.06. The zero-order valence-corrected chi connectivity index (χ0v) is 18.0. The molecular formula is C22H20BrF5N2. The highest BCUT2D eigenvalue weighted by molar-refractivity contribution is 9.10. The largest absolute Gasteiger partial charge is 0.357 e. The fraction of sp³-hybridized carbons (Fsp3) is 0.364. The minimum absolute atomic E-state index is 0.217. The number of rotatable bonds is 4. The summed E-state index contributed by atoms with van der Waals surface area (Å²) in [5.41, 5.74) is 1.41. The molecule has 2 heterocycles. The molecule has 0 spiro atoms. The van der Waals surface area contributed by atoms with Gasteiger partial charge < -0.3 is 4.98 Å². The van der Waals surface area contributed by atoms with E-state index in [1.165, 1.54) is 24.0 Å². The van der Waals surface area contributed by atoms with Crippen LogP contribution >= 0.6 is 15.9 Å². The smallest absolute Gasteiger partial charge is 0.260 e. The van der Waals surface area contributed by atoms with Gasteiger partial charge in [0.1, 0.15) is 17.5 Å². The van der Waals surface area contributed by atoms with Gasteiger partial charge in [-0.1, -0.05) is 22.9 Å². The summed E-state index contributed by atoms with van der Waals surface area (Å²) in [6, 6.07) is 4.90. The van der Waals surface area contributed by atoms with Gasteiger partial charge in [0.2, 0.25) is 0 Å². The van der Waals surface area contributed by atoms with Crippen LogP contribution < -0.4 is 0 Å². The molecule has 0 radical (unpaired) electrons. The first kappa shape index (κ1) is 21.3. The van der Waals surface area contributed by atoms with Crippen LogP contribution in [0.3, 0.4) is 0 Å². The van der Waals surface area contributed by atoms with Gasteiger partial charge in [-0.15, -0.1) is 0 Å². The molecule has 30 heavy (non-hydrogen) atoms. The quantitative estimate of drug-likeness (QED) is 0.405. The molecule has 4 rings (SSSR count). The first-order chi connectivity index (χ1) is 14.1. The number of hydrogen-bond acceptors (Lipinski definition) is 1. The molecule has 1 N–H and O–H groups in total.